The van der Waals surface area contributed by atoms with Gasteiger partial charge in [0.15, 0.2) is 11.5 Å². The van der Waals surface area contributed by atoms with Crippen molar-refractivity contribution < 1.29 is 23.8 Å². The Hall–Kier alpha value is -3.60. The smallest absolute Gasteiger partial charge is 0.276 e. The molecule has 1 saturated heterocycles. The molecule has 0 atom stereocenters. The molecule has 0 radical (unpaired) electrons. The van der Waals surface area contributed by atoms with Crippen LogP contribution < -0.4 is 19.5 Å². The van der Waals surface area contributed by atoms with Gasteiger partial charge in [0.2, 0.25) is 5.75 Å². The maximum Gasteiger partial charge on any atom is 0.276 e. The van der Waals surface area contributed by atoms with Gasteiger partial charge in [-0.1, -0.05) is 0 Å². The van der Waals surface area contributed by atoms with Crippen LogP contribution in [0.2, 0.25) is 0 Å². The number of nitrogens with one attached hydrogen (secondary N) is 1. The Bertz CT molecular complexity index is 1180. The molecule has 1 fully saturated rings. The largest absolute Gasteiger partial charge is 0.493 e. The molecule has 1 aliphatic heterocycles. The van der Waals surface area contributed by atoms with Gasteiger partial charge in [-0.3, -0.25) is 14.3 Å². The third kappa shape index (κ3) is 4.56. The molecule has 2 aromatic heterocycles. The van der Waals surface area contributed by atoms with Gasteiger partial charge in [0.05, 0.1) is 38.1 Å². The molecule has 3 aromatic rings. The van der Waals surface area contributed by atoms with Crippen LogP contribution in [0, 0.1) is 0 Å². The molecule has 1 aromatic carbocycles. The van der Waals surface area contributed by atoms with E-state index in [2.05, 4.69) is 15.4 Å². The number of carbonyl (C=O) groups excluding carboxylic acids is 2. The second kappa shape index (κ2) is 10.1. The van der Waals surface area contributed by atoms with Crippen LogP contribution in [0.3, 0.4) is 0 Å². The van der Waals surface area contributed by atoms with E-state index >= 15 is 0 Å². The maximum absolute atomic E-state index is 13.2. The molecule has 0 saturated carbocycles. The number of aryl methyl sites for hydroxylation is 1. The Labute approximate surface area is 201 Å². The van der Waals surface area contributed by atoms with Crippen LogP contribution in [0.5, 0.6) is 17.2 Å². The van der Waals surface area contributed by atoms with E-state index in [1.807, 2.05) is 4.90 Å². The maximum atomic E-state index is 13.2. The Kier molecular flexibility index (Phi) is 7.01. The first-order chi connectivity index (χ1) is 16.5. The number of nitrogens with zero attached hydrogens (tertiary/aromatic N) is 4. The van der Waals surface area contributed by atoms with Gasteiger partial charge in [-0.05, 0) is 25.0 Å². The second-order valence-electron chi connectivity index (χ2n) is 7.81. The lowest BCUT2D eigenvalue weighted by Gasteiger charge is -2.31. The van der Waals surface area contributed by atoms with E-state index in [0.29, 0.717) is 47.4 Å². The zero-order chi connectivity index (χ0) is 24.2. The second-order valence-corrected chi connectivity index (χ2v) is 8.70. The van der Waals surface area contributed by atoms with Crippen LogP contribution in [0.15, 0.2) is 29.8 Å². The van der Waals surface area contributed by atoms with Crippen LogP contribution >= 0.6 is 11.3 Å². The molecule has 3 heterocycles. The Morgan fingerprint density at radius 3 is 2.41 bits per heavy atom. The molecule has 0 aliphatic carbocycles. The van der Waals surface area contributed by atoms with E-state index in [1.54, 1.807) is 41.5 Å². The molecular formula is C23H27N5O5S. The Morgan fingerprint density at radius 1 is 1.06 bits per heavy atom. The highest BCUT2D eigenvalue weighted by molar-refractivity contribution is 7.10. The standard InChI is InChI=1S/C23H27N5O5S/c1-27-18(7-10-24-27)26-21(29)16-13-34-22(25-16)14-8-11-28(12-9-14)23(30)15-5-6-17(31-2)20(33-4)19(15)32-3/h5-7,10,13-14H,8-9,11-12H2,1-4H3,(H,26,29). The van der Waals surface area contributed by atoms with Crippen molar-refractivity contribution in [2.45, 2.75) is 18.8 Å². The number of thiazole rings is 1. The van der Waals surface area contributed by atoms with Crippen LogP contribution in [0.4, 0.5) is 5.82 Å². The summed E-state index contributed by atoms with van der Waals surface area (Å²) in [6.45, 7) is 1.16. The van der Waals surface area contributed by atoms with Gasteiger partial charge in [0, 0.05) is 37.5 Å². The average Bonchev–Trinajstić information content (AvgIpc) is 3.52. The van der Waals surface area contributed by atoms with Crippen LogP contribution in [0.1, 0.15) is 44.6 Å². The van der Waals surface area contributed by atoms with Crippen molar-refractivity contribution in [1.29, 1.82) is 0 Å². The van der Waals surface area contributed by atoms with Crippen molar-refractivity contribution in [1.82, 2.24) is 19.7 Å². The number of piperidine rings is 1. The van der Waals surface area contributed by atoms with Gasteiger partial charge < -0.3 is 24.4 Å². The quantitative estimate of drug-likeness (QED) is 0.548. The highest BCUT2D eigenvalue weighted by Gasteiger charge is 2.30. The molecule has 34 heavy (non-hydrogen) atoms. The fourth-order valence-corrected chi connectivity index (χ4v) is 5.00. The molecule has 11 heteroatoms. The highest BCUT2D eigenvalue weighted by atomic mass is 32.1. The van der Waals surface area contributed by atoms with E-state index < -0.39 is 0 Å². The van der Waals surface area contributed by atoms with Gasteiger partial charge in [-0.15, -0.1) is 11.3 Å². The third-order valence-electron chi connectivity index (χ3n) is 5.88. The van der Waals surface area contributed by atoms with E-state index in [9.17, 15) is 9.59 Å². The van der Waals surface area contributed by atoms with E-state index in [0.717, 1.165) is 17.8 Å². The number of hydrogen-bond acceptors (Lipinski definition) is 8. The van der Waals surface area contributed by atoms with Crippen LogP contribution in [0.25, 0.3) is 0 Å². The molecule has 180 valence electrons. The minimum atomic E-state index is -0.265. The van der Waals surface area contributed by atoms with Gasteiger partial charge in [0.25, 0.3) is 11.8 Å². The molecule has 0 unspecified atom stereocenters. The van der Waals surface area contributed by atoms with Gasteiger partial charge in [-0.2, -0.15) is 5.10 Å². The number of ether oxygens (including phenoxy) is 3. The minimum absolute atomic E-state index is 0.119. The lowest BCUT2D eigenvalue weighted by Crippen LogP contribution is -2.38. The lowest BCUT2D eigenvalue weighted by molar-refractivity contribution is 0.0708. The van der Waals surface area contributed by atoms with E-state index in [1.165, 1.54) is 32.7 Å². The van der Waals surface area contributed by atoms with Crippen LogP contribution in [-0.4, -0.2) is 65.9 Å². The summed E-state index contributed by atoms with van der Waals surface area (Å²) in [5, 5.41) is 9.54. The number of likely N-dealkylation sites (tertiary alicyclic amines) is 1. The summed E-state index contributed by atoms with van der Waals surface area (Å²) in [5.41, 5.74) is 0.816. The number of hydrogen-bond donors (Lipinski definition) is 1. The fourth-order valence-electron chi connectivity index (χ4n) is 4.03. The predicted molar refractivity (Wildman–Crippen MR) is 127 cm³/mol. The first kappa shape index (κ1) is 23.6. The van der Waals surface area contributed by atoms with Crippen molar-refractivity contribution in [3.63, 3.8) is 0 Å². The molecule has 2 amide bonds. The van der Waals surface area contributed by atoms with Gasteiger partial charge in [-0.25, -0.2) is 4.98 Å². The summed E-state index contributed by atoms with van der Waals surface area (Å²) in [6.07, 6.45) is 3.14. The molecule has 4 rings (SSSR count). The van der Waals surface area contributed by atoms with E-state index in [4.69, 9.17) is 14.2 Å². The summed E-state index contributed by atoms with van der Waals surface area (Å²) in [5.74, 6) is 1.67. The van der Waals surface area contributed by atoms with Gasteiger partial charge in [0.1, 0.15) is 11.5 Å². The summed E-state index contributed by atoms with van der Waals surface area (Å²) < 4.78 is 17.8. The SMILES string of the molecule is COc1ccc(C(=O)N2CCC(c3nc(C(=O)Nc4ccnn4C)cs3)CC2)c(OC)c1OC. The molecule has 1 aliphatic rings. The summed E-state index contributed by atoms with van der Waals surface area (Å²) in [6, 6.07) is 5.13. The van der Waals surface area contributed by atoms with E-state index in [-0.39, 0.29) is 17.7 Å². The summed E-state index contributed by atoms with van der Waals surface area (Å²) in [7, 11) is 6.31. The molecule has 0 bridgehead atoms. The number of benzene rings is 1. The number of methoxy groups -OCH3 is 3. The predicted octanol–water partition coefficient (Wildman–Crippen LogP) is 3.17. The van der Waals surface area contributed by atoms with Crippen LogP contribution in [-0.2, 0) is 7.05 Å². The minimum Gasteiger partial charge on any atom is -0.493 e. The van der Waals surface area contributed by atoms with Crippen molar-refractivity contribution >= 4 is 29.0 Å². The van der Waals surface area contributed by atoms with Gasteiger partial charge >= 0.3 is 0 Å². The van der Waals surface area contributed by atoms with Crippen molar-refractivity contribution in [3.05, 3.63) is 46.0 Å². The van der Waals surface area contributed by atoms with Crippen molar-refractivity contribution in [3.8, 4) is 17.2 Å². The zero-order valence-corrected chi connectivity index (χ0v) is 20.3. The fraction of sp³-hybridized carbons (Fsp3) is 0.391. The molecule has 1 N–H and O–H groups in total. The third-order valence-corrected chi connectivity index (χ3v) is 6.89. The number of rotatable bonds is 7. The first-order valence-electron chi connectivity index (χ1n) is 10.8. The molecular weight excluding hydrogens is 458 g/mol. The summed E-state index contributed by atoms with van der Waals surface area (Å²) in [4.78, 5) is 32.1. The Balaban J connectivity index is 1.41. The van der Waals surface area contributed by atoms with Crippen molar-refractivity contribution in [2.24, 2.45) is 7.05 Å². The number of amides is 2. The molecule has 0 spiro atoms. The highest BCUT2D eigenvalue weighted by Crippen LogP contribution is 2.40. The Morgan fingerprint density at radius 2 is 1.79 bits per heavy atom. The number of anilines is 1. The number of carbonyl (C=O) groups is 2. The topological polar surface area (TPSA) is 108 Å². The van der Waals surface area contributed by atoms with Crippen molar-refractivity contribution in [2.75, 3.05) is 39.7 Å². The average molecular weight is 486 g/mol. The normalized spacial score (nSPS) is 14.1. The zero-order valence-electron chi connectivity index (χ0n) is 19.5. The molecule has 10 nitrogen and oxygen atoms in total. The monoisotopic (exact) mass is 485 g/mol. The summed E-state index contributed by atoms with van der Waals surface area (Å²) >= 11 is 1.47. The lowest BCUT2D eigenvalue weighted by atomic mass is 9.97. The number of aromatic nitrogens is 3. The first-order valence-corrected chi connectivity index (χ1v) is 11.7.